The van der Waals surface area contributed by atoms with Crippen LogP contribution >= 0.6 is 22.9 Å². The molecule has 0 atom stereocenters. The third-order valence-corrected chi connectivity index (χ3v) is 6.26. The van der Waals surface area contributed by atoms with Gasteiger partial charge in [0.15, 0.2) is 0 Å². The van der Waals surface area contributed by atoms with Gasteiger partial charge in [-0.2, -0.15) is 0 Å². The topological polar surface area (TPSA) is 41.0 Å². The first-order valence-corrected chi connectivity index (χ1v) is 10.4. The molecular weight excluding hydrogens is 364 g/mol. The zero-order valence-corrected chi connectivity index (χ0v) is 16.6. The Balaban J connectivity index is 1.62. The fourth-order valence-electron chi connectivity index (χ4n) is 3.58. The predicted octanol–water partition coefficient (Wildman–Crippen LogP) is 5.30. The summed E-state index contributed by atoms with van der Waals surface area (Å²) in [5.41, 5.74) is 2.32. The number of benzene rings is 1. The molecule has 2 aromatic heterocycles. The molecule has 1 aliphatic heterocycles. The highest BCUT2D eigenvalue weighted by Crippen LogP contribution is 2.37. The van der Waals surface area contributed by atoms with Crippen molar-refractivity contribution in [2.75, 3.05) is 18.4 Å². The number of aromatic nitrogens is 2. The first-order valence-electron chi connectivity index (χ1n) is 9.10. The summed E-state index contributed by atoms with van der Waals surface area (Å²) in [6, 6.07) is 9.05. The summed E-state index contributed by atoms with van der Waals surface area (Å²) >= 11 is 7.71. The van der Waals surface area contributed by atoms with Crippen LogP contribution in [-0.2, 0) is 0 Å². The van der Waals surface area contributed by atoms with Crippen LogP contribution in [0.25, 0.3) is 21.3 Å². The summed E-state index contributed by atoms with van der Waals surface area (Å²) < 4.78 is 0. The van der Waals surface area contributed by atoms with E-state index in [0.717, 1.165) is 52.6 Å². The zero-order valence-electron chi connectivity index (χ0n) is 15.1. The van der Waals surface area contributed by atoms with Crippen LogP contribution in [-0.4, -0.2) is 40.0 Å². The monoisotopic (exact) mass is 386 g/mol. The van der Waals surface area contributed by atoms with Gasteiger partial charge in [0.1, 0.15) is 17.0 Å². The molecule has 136 valence electrons. The van der Waals surface area contributed by atoms with E-state index >= 15 is 0 Å². The van der Waals surface area contributed by atoms with Gasteiger partial charge in [0, 0.05) is 41.1 Å². The van der Waals surface area contributed by atoms with Gasteiger partial charge in [-0.15, -0.1) is 11.3 Å². The lowest BCUT2D eigenvalue weighted by Gasteiger charge is -2.35. The van der Waals surface area contributed by atoms with Crippen LogP contribution in [0.3, 0.4) is 0 Å². The van der Waals surface area contributed by atoms with Crippen molar-refractivity contribution in [2.24, 2.45) is 0 Å². The van der Waals surface area contributed by atoms with Crippen molar-refractivity contribution < 1.29 is 0 Å². The number of thiophene rings is 1. The van der Waals surface area contributed by atoms with Crippen LogP contribution in [0.2, 0.25) is 5.02 Å². The van der Waals surface area contributed by atoms with E-state index in [1.165, 1.54) is 5.56 Å². The second kappa shape index (κ2) is 7.51. The fourth-order valence-corrected chi connectivity index (χ4v) is 4.62. The van der Waals surface area contributed by atoms with Crippen molar-refractivity contribution in [2.45, 2.75) is 38.8 Å². The van der Waals surface area contributed by atoms with Crippen LogP contribution in [0.1, 0.15) is 26.7 Å². The third-order valence-electron chi connectivity index (χ3n) is 5.13. The molecule has 0 radical (unpaired) electrons. The number of rotatable bonds is 4. The van der Waals surface area contributed by atoms with Gasteiger partial charge < -0.3 is 10.2 Å². The fraction of sp³-hybridized carbons (Fsp3) is 0.400. The average Bonchev–Trinajstić information content (AvgIpc) is 3.08. The van der Waals surface area contributed by atoms with E-state index < -0.39 is 0 Å². The summed E-state index contributed by atoms with van der Waals surface area (Å²) in [7, 11) is 0. The third kappa shape index (κ3) is 3.56. The van der Waals surface area contributed by atoms with Crippen LogP contribution in [0.4, 0.5) is 5.82 Å². The maximum absolute atomic E-state index is 6.05. The molecule has 1 fully saturated rings. The second-order valence-electron chi connectivity index (χ2n) is 7.11. The minimum absolute atomic E-state index is 0.459. The van der Waals surface area contributed by atoms with Gasteiger partial charge in [-0.05, 0) is 44.4 Å². The summed E-state index contributed by atoms with van der Waals surface area (Å²) in [6.45, 7) is 6.81. The minimum Gasteiger partial charge on any atom is -0.367 e. The van der Waals surface area contributed by atoms with Crippen LogP contribution in [0, 0.1) is 0 Å². The van der Waals surface area contributed by atoms with Crippen LogP contribution in [0.15, 0.2) is 36.0 Å². The van der Waals surface area contributed by atoms with Gasteiger partial charge in [-0.1, -0.05) is 23.7 Å². The molecule has 3 heterocycles. The highest BCUT2D eigenvalue weighted by molar-refractivity contribution is 7.17. The Bertz CT molecular complexity index is 882. The number of fused-ring (bicyclic) bond motifs is 1. The van der Waals surface area contributed by atoms with Crippen molar-refractivity contribution in [1.29, 1.82) is 0 Å². The molecule has 0 saturated carbocycles. The van der Waals surface area contributed by atoms with E-state index in [2.05, 4.69) is 51.5 Å². The first-order chi connectivity index (χ1) is 12.6. The minimum atomic E-state index is 0.459. The maximum Gasteiger partial charge on any atom is 0.139 e. The molecule has 26 heavy (non-hydrogen) atoms. The summed E-state index contributed by atoms with van der Waals surface area (Å²) in [5, 5.41) is 7.72. The Morgan fingerprint density at radius 3 is 2.58 bits per heavy atom. The molecule has 0 bridgehead atoms. The molecule has 0 amide bonds. The number of likely N-dealkylation sites (tertiary alicyclic amines) is 1. The number of piperidine rings is 1. The van der Waals surface area contributed by atoms with E-state index in [-0.39, 0.29) is 0 Å². The van der Waals surface area contributed by atoms with Crippen molar-refractivity contribution in [3.8, 4) is 11.1 Å². The number of anilines is 1. The van der Waals surface area contributed by atoms with E-state index in [0.29, 0.717) is 12.1 Å². The van der Waals surface area contributed by atoms with Gasteiger partial charge in [0.05, 0.1) is 5.39 Å². The van der Waals surface area contributed by atoms with Gasteiger partial charge in [-0.25, -0.2) is 9.97 Å². The van der Waals surface area contributed by atoms with Gasteiger partial charge in [-0.3, -0.25) is 0 Å². The molecule has 1 N–H and O–H groups in total. The first kappa shape index (κ1) is 17.7. The molecule has 0 unspecified atom stereocenters. The summed E-state index contributed by atoms with van der Waals surface area (Å²) in [6.07, 6.45) is 3.95. The molecule has 6 heteroatoms. The number of hydrogen-bond donors (Lipinski definition) is 1. The molecule has 0 aliphatic carbocycles. The Morgan fingerprint density at radius 1 is 1.15 bits per heavy atom. The van der Waals surface area contributed by atoms with Gasteiger partial charge >= 0.3 is 0 Å². The smallest absolute Gasteiger partial charge is 0.139 e. The highest BCUT2D eigenvalue weighted by atomic mass is 35.5. The van der Waals surface area contributed by atoms with Crippen LogP contribution < -0.4 is 5.32 Å². The highest BCUT2D eigenvalue weighted by Gasteiger charge is 2.22. The maximum atomic E-state index is 6.05. The summed E-state index contributed by atoms with van der Waals surface area (Å²) in [5.74, 6) is 0.948. The Kier molecular flexibility index (Phi) is 5.11. The zero-order chi connectivity index (χ0) is 18.1. The van der Waals surface area contributed by atoms with Gasteiger partial charge in [0.2, 0.25) is 0 Å². The quantitative estimate of drug-likeness (QED) is 0.660. The molecule has 1 saturated heterocycles. The van der Waals surface area contributed by atoms with Crippen molar-refractivity contribution in [3.05, 3.63) is 41.0 Å². The largest absolute Gasteiger partial charge is 0.367 e. The lowest BCUT2D eigenvalue weighted by atomic mass is 10.0. The number of hydrogen-bond acceptors (Lipinski definition) is 5. The molecule has 4 rings (SSSR count). The number of halogens is 1. The van der Waals surface area contributed by atoms with E-state index in [1.54, 1.807) is 17.7 Å². The lowest BCUT2D eigenvalue weighted by molar-refractivity contribution is 0.177. The normalized spacial score (nSPS) is 16.5. The average molecular weight is 387 g/mol. The predicted molar refractivity (Wildman–Crippen MR) is 111 cm³/mol. The Morgan fingerprint density at radius 2 is 1.88 bits per heavy atom. The van der Waals surface area contributed by atoms with E-state index in [9.17, 15) is 0 Å². The van der Waals surface area contributed by atoms with Crippen LogP contribution in [0.5, 0.6) is 0 Å². The standard InChI is InChI=1S/C20H23ClN4S/c1-13(2)25-9-7-16(8-10-25)24-19-18-17(11-26-20(18)23-12-22-19)14-3-5-15(21)6-4-14/h3-6,11-13,16H,7-10H2,1-2H3,(H,22,23,24). The molecule has 0 spiro atoms. The second-order valence-corrected chi connectivity index (χ2v) is 8.40. The number of nitrogens with zero attached hydrogens (tertiary/aromatic N) is 3. The lowest BCUT2D eigenvalue weighted by Crippen LogP contribution is -2.42. The van der Waals surface area contributed by atoms with Gasteiger partial charge in [0.25, 0.3) is 0 Å². The SMILES string of the molecule is CC(C)N1CCC(Nc2ncnc3scc(-c4ccc(Cl)cc4)c23)CC1. The molecule has 1 aromatic carbocycles. The van der Waals surface area contributed by atoms with E-state index in [4.69, 9.17) is 11.6 Å². The molecule has 3 aromatic rings. The Labute approximate surface area is 163 Å². The van der Waals surface area contributed by atoms with Crippen molar-refractivity contribution >= 4 is 39.0 Å². The molecular formula is C20H23ClN4S. The molecule has 4 nitrogen and oxygen atoms in total. The Hall–Kier alpha value is -1.69. The van der Waals surface area contributed by atoms with Crippen molar-refractivity contribution in [1.82, 2.24) is 14.9 Å². The van der Waals surface area contributed by atoms with E-state index in [1.807, 2.05) is 12.1 Å². The number of nitrogens with one attached hydrogen (secondary N) is 1. The molecule has 1 aliphatic rings. The van der Waals surface area contributed by atoms with Crippen molar-refractivity contribution in [3.63, 3.8) is 0 Å². The summed E-state index contributed by atoms with van der Waals surface area (Å²) in [4.78, 5) is 12.6.